The molecular weight excluding hydrogens is 410 g/mol. The lowest BCUT2D eigenvalue weighted by Gasteiger charge is -2.17. The van der Waals surface area contributed by atoms with Crippen molar-refractivity contribution in [2.45, 2.75) is 59.9 Å². The molecule has 0 radical (unpaired) electrons. The minimum absolute atomic E-state index is 0.110. The van der Waals surface area contributed by atoms with Crippen LogP contribution in [0.15, 0.2) is 23.0 Å². The van der Waals surface area contributed by atoms with Crippen molar-refractivity contribution in [2.24, 2.45) is 7.05 Å². The number of amides is 1. The molecule has 1 N–H and O–H groups in total. The first-order chi connectivity index (χ1) is 15.3. The average molecular weight is 444 g/mol. The molecule has 1 aromatic carbocycles. The molecule has 1 heterocycles. The van der Waals surface area contributed by atoms with Crippen LogP contribution in [0.5, 0.6) is 5.75 Å². The summed E-state index contributed by atoms with van der Waals surface area (Å²) in [5.41, 5.74) is 2.19. The van der Waals surface area contributed by atoms with Crippen molar-refractivity contribution in [2.75, 3.05) is 13.2 Å². The monoisotopic (exact) mass is 443 g/mol. The van der Waals surface area contributed by atoms with E-state index in [2.05, 4.69) is 5.32 Å². The van der Waals surface area contributed by atoms with Crippen molar-refractivity contribution in [3.05, 3.63) is 45.4 Å². The van der Waals surface area contributed by atoms with Gasteiger partial charge in [-0.3, -0.25) is 14.2 Å². The number of rotatable bonds is 10. The molecule has 2 rings (SSSR count). The largest absolute Gasteiger partial charge is 0.493 e. The van der Waals surface area contributed by atoms with Crippen molar-refractivity contribution in [1.29, 1.82) is 0 Å². The summed E-state index contributed by atoms with van der Waals surface area (Å²) in [5.74, 6) is 0.0365. The van der Waals surface area contributed by atoms with Crippen LogP contribution < -0.4 is 15.6 Å². The maximum atomic E-state index is 13.0. The Labute approximate surface area is 189 Å². The molecule has 174 valence electrons. The minimum atomic E-state index is -0.792. The third-order valence-corrected chi connectivity index (χ3v) is 5.09. The maximum Gasteiger partial charge on any atom is 0.328 e. The van der Waals surface area contributed by atoms with Gasteiger partial charge in [0.15, 0.2) is 0 Å². The molecule has 1 amide bonds. The molecule has 0 bridgehead atoms. The zero-order valence-corrected chi connectivity index (χ0v) is 19.8. The number of nitrogens with one attached hydrogen (secondary N) is 1. The molecule has 0 saturated carbocycles. The highest BCUT2D eigenvalue weighted by Gasteiger charge is 2.21. The Hall–Kier alpha value is -3.16. The lowest BCUT2D eigenvalue weighted by atomic mass is 10.1. The number of benzene rings is 1. The maximum absolute atomic E-state index is 13.0. The van der Waals surface area contributed by atoms with Gasteiger partial charge in [-0.25, -0.2) is 9.78 Å². The van der Waals surface area contributed by atoms with E-state index >= 15 is 0 Å². The lowest BCUT2D eigenvalue weighted by molar-refractivity contribution is -0.144. The Kier molecular flexibility index (Phi) is 8.99. The predicted octanol–water partition coefficient (Wildman–Crippen LogP) is 3.04. The van der Waals surface area contributed by atoms with Gasteiger partial charge in [0.25, 0.3) is 11.5 Å². The van der Waals surface area contributed by atoms with Crippen LogP contribution in [0.3, 0.4) is 0 Å². The van der Waals surface area contributed by atoms with Crippen molar-refractivity contribution < 1.29 is 19.1 Å². The van der Waals surface area contributed by atoms with Crippen molar-refractivity contribution in [3.63, 3.8) is 0 Å². The zero-order valence-electron chi connectivity index (χ0n) is 19.8. The molecule has 1 atom stereocenters. The number of carbonyl (C=O) groups is 2. The Balaban J connectivity index is 2.56. The van der Waals surface area contributed by atoms with Gasteiger partial charge in [-0.1, -0.05) is 20.8 Å². The number of esters is 1. The summed E-state index contributed by atoms with van der Waals surface area (Å²) in [6.45, 7) is 9.89. The summed E-state index contributed by atoms with van der Waals surface area (Å²) in [5, 5.41) is 2.65. The number of hydrogen-bond acceptors (Lipinski definition) is 6. The predicted molar refractivity (Wildman–Crippen MR) is 123 cm³/mol. The lowest BCUT2D eigenvalue weighted by Crippen LogP contribution is -2.39. The van der Waals surface area contributed by atoms with Gasteiger partial charge in [-0.05, 0) is 51.3 Å². The van der Waals surface area contributed by atoms with Crippen LogP contribution in [-0.2, 0) is 29.4 Å². The van der Waals surface area contributed by atoms with Gasteiger partial charge in [-0.2, -0.15) is 0 Å². The number of hydrogen-bond donors (Lipinski definition) is 1. The quantitative estimate of drug-likeness (QED) is 0.567. The van der Waals surface area contributed by atoms with Gasteiger partial charge in [0, 0.05) is 18.2 Å². The van der Waals surface area contributed by atoms with Crippen molar-refractivity contribution >= 4 is 11.9 Å². The first kappa shape index (κ1) is 25.1. The summed E-state index contributed by atoms with van der Waals surface area (Å²) in [6, 6.07) is 4.17. The molecule has 0 fully saturated rings. The molecule has 0 aliphatic heterocycles. The Morgan fingerprint density at radius 3 is 2.47 bits per heavy atom. The van der Waals surface area contributed by atoms with E-state index in [0.717, 1.165) is 12.1 Å². The molecule has 1 unspecified atom stereocenters. The molecular formula is C24H33N3O5. The van der Waals surface area contributed by atoms with E-state index < -0.39 is 17.9 Å². The van der Waals surface area contributed by atoms with E-state index in [9.17, 15) is 14.4 Å². The molecule has 2 aromatic rings. The summed E-state index contributed by atoms with van der Waals surface area (Å²) in [4.78, 5) is 42.4. The zero-order chi connectivity index (χ0) is 23.8. The molecule has 0 spiro atoms. The molecule has 0 aliphatic rings. The first-order valence-electron chi connectivity index (χ1n) is 11.1. The number of aromatic nitrogens is 2. The van der Waals surface area contributed by atoms with Gasteiger partial charge >= 0.3 is 5.97 Å². The highest BCUT2D eigenvalue weighted by molar-refractivity contribution is 5.98. The van der Waals surface area contributed by atoms with Crippen molar-refractivity contribution in [1.82, 2.24) is 14.9 Å². The van der Waals surface area contributed by atoms with E-state index in [4.69, 9.17) is 14.5 Å². The van der Waals surface area contributed by atoms with Gasteiger partial charge in [-0.15, -0.1) is 0 Å². The molecule has 32 heavy (non-hydrogen) atoms. The van der Waals surface area contributed by atoms with E-state index in [1.54, 1.807) is 39.1 Å². The molecule has 0 saturated heterocycles. The Morgan fingerprint density at radius 2 is 1.88 bits per heavy atom. The van der Waals surface area contributed by atoms with Crippen LogP contribution in [0.2, 0.25) is 0 Å². The van der Waals surface area contributed by atoms with E-state index in [0.29, 0.717) is 47.7 Å². The summed E-state index contributed by atoms with van der Waals surface area (Å²) in [7, 11) is 1.67. The Bertz CT molecular complexity index is 1030. The van der Waals surface area contributed by atoms with Crippen molar-refractivity contribution in [3.8, 4) is 17.1 Å². The fourth-order valence-corrected chi connectivity index (χ4v) is 3.37. The van der Waals surface area contributed by atoms with E-state index in [1.165, 1.54) is 4.57 Å². The second kappa shape index (κ2) is 11.5. The van der Waals surface area contributed by atoms with Crippen LogP contribution >= 0.6 is 0 Å². The SMILES string of the molecule is CCCOc1ccc(C(=O)NC(C)C(=O)OCC)cc1-c1nc(CC)c(CC)c(=O)n1C. The summed E-state index contributed by atoms with van der Waals surface area (Å²) >= 11 is 0. The second-order valence-electron chi connectivity index (χ2n) is 7.44. The number of ether oxygens (including phenoxy) is 2. The first-order valence-corrected chi connectivity index (χ1v) is 11.1. The summed E-state index contributed by atoms with van der Waals surface area (Å²) < 4.78 is 12.3. The van der Waals surface area contributed by atoms with Gasteiger partial charge < -0.3 is 14.8 Å². The van der Waals surface area contributed by atoms with Crippen LogP contribution in [0.25, 0.3) is 11.4 Å². The molecule has 0 aliphatic carbocycles. The fourth-order valence-electron chi connectivity index (χ4n) is 3.37. The van der Waals surface area contributed by atoms with Crippen LogP contribution in [-0.4, -0.2) is 40.7 Å². The molecule has 1 aromatic heterocycles. The van der Waals surface area contributed by atoms with E-state index in [-0.39, 0.29) is 12.2 Å². The van der Waals surface area contributed by atoms with Crippen LogP contribution in [0.4, 0.5) is 0 Å². The number of aryl methyl sites for hydroxylation is 1. The third kappa shape index (κ3) is 5.55. The number of carbonyl (C=O) groups excluding carboxylic acids is 2. The molecule has 8 heteroatoms. The smallest absolute Gasteiger partial charge is 0.328 e. The standard InChI is InChI=1S/C24H33N3O5/c1-7-13-32-20-12-11-16(22(28)25-15(5)24(30)31-10-4)14-18(20)21-26-19(9-3)17(8-2)23(29)27(21)6/h11-12,14-15H,7-10,13H2,1-6H3,(H,25,28). The van der Waals surface area contributed by atoms with Gasteiger partial charge in [0.2, 0.25) is 0 Å². The van der Waals surface area contributed by atoms with Gasteiger partial charge in [0.1, 0.15) is 17.6 Å². The van der Waals surface area contributed by atoms with Gasteiger partial charge in [0.05, 0.1) is 24.5 Å². The van der Waals surface area contributed by atoms with Crippen LogP contribution in [0.1, 0.15) is 62.7 Å². The highest BCUT2D eigenvalue weighted by atomic mass is 16.5. The average Bonchev–Trinajstić information content (AvgIpc) is 2.79. The second-order valence-corrected chi connectivity index (χ2v) is 7.44. The van der Waals surface area contributed by atoms with Crippen LogP contribution in [0, 0.1) is 0 Å². The molecule has 8 nitrogen and oxygen atoms in total. The fraction of sp³-hybridized carbons (Fsp3) is 0.500. The third-order valence-electron chi connectivity index (χ3n) is 5.09. The highest BCUT2D eigenvalue weighted by Crippen LogP contribution is 2.30. The Morgan fingerprint density at radius 1 is 1.16 bits per heavy atom. The summed E-state index contributed by atoms with van der Waals surface area (Å²) in [6.07, 6.45) is 2.02. The minimum Gasteiger partial charge on any atom is -0.493 e. The number of nitrogens with zero attached hydrogens (tertiary/aromatic N) is 2. The topological polar surface area (TPSA) is 99.5 Å². The normalized spacial score (nSPS) is 11.7. The van der Waals surface area contributed by atoms with E-state index in [1.807, 2.05) is 20.8 Å².